The van der Waals surface area contributed by atoms with Crippen LogP contribution in [-0.2, 0) is 4.79 Å². The molecule has 1 aromatic carbocycles. The van der Waals surface area contributed by atoms with Gasteiger partial charge in [0, 0.05) is 38.4 Å². The highest BCUT2D eigenvalue weighted by Gasteiger charge is 2.55. The third-order valence-corrected chi connectivity index (χ3v) is 8.32. The first-order valence-corrected chi connectivity index (χ1v) is 11.6. The van der Waals surface area contributed by atoms with Gasteiger partial charge in [0.15, 0.2) is 0 Å². The molecule has 1 amide bonds. The van der Waals surface area contributed by atoms with Gasteiger partial charge in [-0.1, -0.05) is 0 Å². The van der Waals surface area contributed by atoms with E-state index in [4.69, 9.17) is 0 Å². The molecule has 5 aliphatic rings. The topological polar surface area (TPSA) is 79.6 Å². The summed E-state index contributed by atoms with van der Waals surface area (Å²) in [5.74, 6) is 2.72. The highest BCUT2D eigenvalue weighted by molar-refractivity contribution is 5.97. The number of nitro groups is 1. The van der Waals surface area contributed by atoms with Gasteiger partial charge in [-0.15, -0.1) is 0 Å². The highest BCUT2D eigenvalue weighted by Crippen LogP contribution is 2.60. The molecule has 7 rings (SSSR count). The SMILES string of the molecule is O=C(N1CCN(c2ccc([N+](=O)[O-])c3cccnc23)CC1)C12CC3CC(CC(C3)C1)C2. The number of nitrogens with zero attached hydrogens (tertiary/aromatic N) is 4. The van der Waals surface area contributed by atoms with Crippen LogP contribution < -0.4 is 4.90 Å². The number of piperazine rings is 1. The minimum absolute atomic E-state index is 0.0848. The van der Waals surface area contributed by atoms with Crippen LogP contribution in [0.3, 0.4) is 0 Å². The van der Waals surface area contributed by atoms with Crippen LogP contribution in [0.4, 0.5) is 11.4 Å². The Morgan fingerprint density at radius 2 is 1.65 bits per heavy atom. The second kappa shape index (κ2) is 6.90. The summed E-state index contributed by atoms with van der Waals surface area (Å²) in [6, 6.07) is 6.88. The minimum atomic E-state index is -0.351. The van der Waals surface area contributed by atoms with Crippen LogP contribution in [0.15, 0.2) is 30.5 Å². The first kappa shape index (κ1) is 19.0. The van der Waals surface area contributed by atoms with E-state index in [1.165, 1.54) is 19.3 Å². The van der Waals surface area contributed by atoms with Crippen LogP contribution >= 0.6 is 0 Å². The number of aromatic nitrogens is 1. The summed E-state index contributed by atoms with van der Waals surface area (Å²) >= 11 is 0. The van der Waals surface area contributed by atoms with Gasteiger partial charge in [-0.3, -0.25) is 19.9 Å². The van der Waals surface area contributed by atoms with Gasteiger partial charge in [0.05, 0.1) is 21.4 Å². The third-order valence-electron chi connectivity index (χ3n) is 8.32. The van der Waals surface area contributed by atoms with E-state index in [-0.39, 0.29) is 16.0 Å². The maximum atomic E-state index is 13.6. The lowest BCUT2D eigenvalue weighted by Crippen LogP contribution is -2.58. The van der Waals surface area contributed by atoms with Crippen LogP contribution in [0.5, 0.6) is 0 Å². The summed E-state index contributed by atoms with van der Waals surface area (Å²) < 4.78 is 0. The zero-order valence-electron chi connectivity index (χ0n) is 17.7. The number of fused-ring (bicyclic) bond motifs is 1. The van der Waals surface area contributed by atoms with E-state index in [0.29, 0.717) is 29.9 Å². The molecule has 0 radical (unpaired) electrons. The number of amides is 1. The lowest BCUT2D eigenvalue weighted by molar-refractivity contribution is -0.383. The van der Waals surface area contributed by atoms with Crippen molar-refractivity contribution in [3.63, 3.8) is 0 Å². The smallest absolute Gasteiger partial charge is 0.278 e. The summed E-state index contributed by atoms with van der Waals surface area (Å²) in [6.07, 6.45) is 9.04. The van der Waals surface area contributed by atoms with Gasteiger partial charge in [-0.25, -0.2) is 0 Å². The summed E-state index contributed by atoms with van der Waals surface area (Å²) in [5.41, 5.74) is 1.58. The molecule has 162 valence electrons. The van der Waals surface area contributed by atoms with Crippen molar-refractivity contribution >= 4 is 28.2 Å². The number of benzene rings is 1. The average molecular weight is 421 g/mol. The van der Waals surface area contributed by atoms with Gasteiger partial charge in [0.1, 0.15) is 5.52 Å². The number of carbonyl (C=O) groups is 1. The third kappa shape index (κ3) is 3.00. The Morgan fingerprint density at radius 3 is 2.26 bits per heavy atom. The summed E-state index contributed by atoms with van der Waals surface area (Å²) in [5, 5.41) is 12.0. The molecule has 5 fully saturated rings. The van der Waals surface area contributed by atoms with E-state index in [2.05, 4.69) is 14.8 Å². The van der Waals surface area contributed by atoms with Gasteiger partial charge in [0.25, 0.3) is 5.69 Å². The number of hydrogen-bond donors (Lipinski definition) is 0. The zero-order valence-corrected chi connectivity index (χ0v) is 17.7. The van der Waals surface area contributed by atoms with Crippen molar-refractivity contribution in [2.24, 2.45) is 23.2 Å². The number of rotatable bonds is 3. The van der Waals surface area contributed by atoms with Crippen molar-refractivity contribution in [2.45, 2.75) is 38.5 Å². The number of non-ortho nitro benzene ring substituents is 1. The molecule has 1 aromatic heterocycles. The number of carbonyl (C=O) groups excluding carboxylic acids is 1. The van der Waals surface area contributed by atoms with Crippen LogP contribution in [0.25, 0.3) is 10.9 Å². The first-order valence-electron chi connectivity index (χ1n) is 11.6. The number of hydrogen-bond acceptors (Lipinski definition) is 5. The molecule has 2 aromatic rings. The van der Waals surface area contributed by atoms with Crippen molar-refractivity contribution in [3.05, 3.63) is 40.6 Å². The molecule has 2 heterocycles. The molecule has 4 saturated carbocycles. The fourth-order valence-electron chi connectivity index (χ4n) is 7.42. The lowest BCUT2D eigenvalue weighted by Gasteiger charge is -2.57. The molecule has 0 atom stereocenters. The Hall–Kier alpha value is -2.70. The summed E-state index contributed by atoms with van der Waals surface area (Å²) in [4.78, 5) is 33.5. The second-order valence-corrected chi connectivity index (χ2v) is 10.2. The number of pyridine rings is 1. The fraction of sp³-hybridized carbons (Fsp3) is 0.583. The number of anilines is 1. The molecule has 1 saturated heterocycles. The Kier molecular flexibility index (Phi) is 4.24. The monoisotopic (exact) mass is 420 g/mol. The molecular formula is C24H28N4O3. The van der Waals surface area contributed by atoms with E-state index in [9.17, 15) is 14.9 Å². The molecular weight excluding hydrogens is 392 g/mol. The Morgan fingerprint density at radius 1 is 1.00 bits per heavy atom. The normalized spacial score (nSPS) is 31.9. The van der Waals surface area contributed by atoms with Crippen LogP contribution in [-0.4, -0.2) is 46.9 Å². The van der Waals surface area contributed by atoms with Gasteiger partial charge in [0.2, 0.25) is 5.91 Å². The Bertz CT molecular complexity index is 1020. The standard InChI is InChI=1S/C24H28N4O3/c29-23(24-13-16-10-17(14-24)12-18(11-16)15-24)27-8-6-26(7-9-27)21-4-3-20(28(30)31)19-2-1-5-25-22(19)21/h1-5,16-18H,6-15H2. The fourth-order valence-corrected chi connectivity index (χ4v) is 7.42. The van der Waals surface area contributed by atoms with Gasteiger partial charge in [-0.2, -0.15) is 0 Å². The zero-order chi connectivity index (χ0) is 21.2. The molecule has 4 aliphatic carbocycles. The highest BCUT2D eigenvalue weighted by atomic mass is 16.6. The molecule has 0 unspecified atom stereocenters. The predicted molar refractivity (Wildman–Crippen MR) is 118 cm³/mol. The maximum absolute atomic E-state index is 13.6. The molecule has 4 bridgehead atoms. The van der Waals surface area contributed by atoms with E-state index in [1.54, 1.807) is 24.4 Å². The quantitative estimate of drug-likeness (QED) is 0.554. The minimum Gasteiger partial charge on any atom is -0.366 e. The molecule has 0 spiro atoms. The van der Waals surface area contributed by atoms with Gasteiger partial charge < -0.3 is 9.80 Å². The second-order valence-electron chi connectivity index (χ2n) is 10.2. The van der Waals surface area contributed by atoms with Crippen LogP contribution in [0, 0.1) is 33.3 Å². The van der Waals surface area contributed by atoms with Crippen LogP contribution in [0.2, 0.25) is 0 Å². The molecule has 0 N–H and O–H groups in total. The Balaban J connectivity index is 1.21. The molecule has 1 aliphatic heterocycles. The predicted octanol–water partition coefficient (Wildman–Crippen LogP) is 4.01. The van der Waals surface area contributed by atoms with Crippen molar-refractivity contribution < 1.29 is 9.72 Å². The molecule has 31 heavy (non-hydrogen) atoms. The Labute approximate surface area is 181 Å². The number of nitro benzene ring substituents is 1. The lowest BCUT2D eigenvalue weighted by atomic mass is 9.49. The maximum Gasteiger partial charge on any atom is 0.278 e. The van der Waals surface area contributed by atoms with Crippen molar-refractivity contribution in [1.29, 1.82) is 0 Å². The van der Waals surface area contributed by atoms with E-state index < -0.39 is 0 Å². The van der Waals surface area contributed by atoms with E-state index in [1.807, 2.05) is 6.07 Å². The van der Waals surface area contributed by atoms with E-state index in [0.717, 1.165) is 55.8 Å². The van der Waals surface area contributed by atoms with Crippen molar-refractivity contribution in [3.8, 4) is 0 Å². The summed E-state index contributed by atoms with van der Waals surface area (Å²) in [7, 11) is 0. The van der Waals surface area contributed by atoms with Gasteiger partial charge >= 0.3 is 0 Å². The molecule has 7 nitrogen and oxygen atoms in total. The van der Waals surface area contributed by atoms with Crippen molar-refractivity contribution in [2.75, 3.05) is 31.1 Å². The van der Waals surface area contributed by atoms with Gasteiger partial charge in [-0.05, 0) is 74.5 Å². The first-order chi connectivity index (χ1) is 15.0. The molecule has 7 heteroatoms. The van der Waals surface area contributed by atoms with Crippen molar-refractivity contribution in [1.82, 2.24) is 9.88 Å². The van der Waals surface area contributed by atoms with Crippen LogP contribution in [0.1, 0.15) is 38.5 Å². The largest absolute Gasteiger partial charge is 0.366 e. The van der Waals surface area contributed by atoms with E-state index >= 15 is 0 Å². The average Bonchev–Trinajstić information content (AvgIpc) is 2.77. The summed E-state index contributed by atoms with van der Waals surface area (Å²) in [6.45, 7) is 2.90.